The lowest BCUT2D eigenvalue weighted by Gasteiger charge is -2.42. The zero-order valence-electron chi connectivity index (χ0n) is 37.8. The number of nitrogens with zero attached hydrogens (tertiary/aromatic N) is 5. The summed E-state index contributed by atoms with van der Waals surface area (Å²) in [6.07, 6.45) is 1.55. The first-order valence-electron chi connectivity index (χ1n) is 21.7. The van der Waals surface area contributed by atoms with Crippen LogP contribution < -0.4 is 14.6 Å². The third-order valence-electron chi connectivity index (χ3n) is 13.6. The molecule has 0 radical (unpaired) electrons. The number of fused-ring (bicyclic) bond motifs is 2. The molecule has 3 aromatic carbocycles. The maximum absolute atomic E-state index is 15.3. The molecule has 1 N–H and O–H groups in total. The Balaban J connectivity index is 1.33. The van der Waals surface area contributed by atoms with Crippen molar-refractivity contribution in [2.45, 2.75) is 104 Å². The fourth-order valence-corrected chi connectivity index (χ4v) is 15.4. The van der Waals surface area contributed by atoms with E-state index in [2.05, 4.69) is 83.3 Å². The lowest BCUT2D eigenvalue weighted by molar-refractivity contribution is 0.0477. The van der Waals surface area contributed by atoms with Gasteiger partial charge in [-0.25, -0.2) is 0 Å². The van der Waals surface area contributed by atoms with Gasteiger partial charge in [0.2, 0.25) is 0 Å². The van der Waals surface area contributed by atoms with E-state index in [0.717, 1.165) is 52.5 Å². The predicted molar refractivity (Wildman–Crippen MR) is 246 cm³/mol. The number of hydrogen-bond donors (Lipinski definition) is 1. The first-order chi connectivity index (χ1) is 29.1. The Kier molecular flexibility index (Phi) is 12.5. The van der Waals surface area contributed by atoms with Crippen molar-refractivity contribution in [3.8, 4) is 23.1 Å². The number of nitrogens with one attached hydrogen (secondary N) is 1. The van der Waals surface area contributed by atoms with Crippen molar-refractivity contribution in [3.63, 3.8) is 0 Å². The van der Waals surface area contributed by atoms with Gasteiger partial charge in [0.25, 0.3) is 20.1 Å². The van der Waals surface area contributed by atoms with Crippen molar-refractivity contribution in [1.82, 2.24) is 19.4 Å². The molecular formula is C50H62N6O4Si. The summed E-state index contributed by atoms with van der Waals surface area (Å²) in [7, 11) is 3.27. The first kappa shape index (κ1) is 43.7. The molecule has 0 unspecified atom stereocenters. The zero-order valence-corrected chi connectivity index (χ0v) is 38.8. The number of ether oxygens (including phenoxy) is 1. The molecule has 61 heavy (non-hydrogen) atoms. The number of methoxy groups -OCH3 is 1. The summed E-state index contributed by atoms with van der Waals surface area (Å²) < 4.78 is 16.6. The van der Waals surface area contributed by atoms with Crippen LogP contribution in [0.1, 0.15) is 102 Å². The van der Waals surface area contributed by atoms with Gasteiger partial charge in [0.05, 0.1) is 23.9 Å². The van der Waals surface area contributed by atoms with Gasteiger partial charge in [0, 0.05) is 68.2 Å². The summed E-state index contributed by atoms with van der Waals surface area (Å²) in [6, 6.07) is 26.3. The van der Waals surface area contributed by atoms with Crippen LogP contribution in [-0.2, 0) is 44.8 Å². The SMILES string of the molecule is COC[C@@H]1Cc2ccccc2CN1C(=O)c1cc2c(cc1-c1cc(C(=O)N(c3ccc(O[Si](C(C)C)(C(C)C)C(C)C)cc3)c3cc(C#N)n(C)c3C)c(C)n1C)CCNC2. The van der Waals surface area contributed by atoms with E-state index in [4.69, 9.17) is 9.16 Å². The van der Waals surface area contributed by atoms with Gasteiger partial charge in [0.1, 0.15) is 17.5 Å². The third kappa shape index (κ3) is 7.86. The number of nitriles is 1. The normalized spacial score (nSPS) is 15.2. The number of aromatic nitrogens is 2. The van der Waals surface area contributed by atoms with E-state index < -0.39 is 8.32 Å². The lowest BCUT2D eigenvalue weighted by atomic mass is 9.90. The van der Waals surface area contributed by atoms with Crippen molar-refractivity contribution in [1.29, 1.82) is 5.26 Å². The van der Waals surface area contributed by atoms with Crippen LogP contribution in [0, 0.1) is 25.2 Å². The van der Waals surface area contributed by atoms with Crippen LogP contribution in [0.5, 0.6) is 5.75 Å². The van der Waals surface area contributed by atoms with E-state index in [1.807, 2.05) is 78.4 Å². The molecule has 2 aliphatic heterocycles. The lowest BCUT2D eigenvalue weighted by Crippen LogP contribution is -2.50. The van der Waals surface area contributed by atoms with E-state index in [9.17, 15) is 5.26 Å². The molecule has 2 aromatic heterocycles. The zero-order chi connectivity index (χ0) is 43.9. The topological polar surface area (TPSA) is 105 Å². The van der Waals surface area contributed by atoms with Crippen LogP contribution in [0.25, 0.3) is 11.3 Å². The molecular weight excluding hydrogens is 777 g/mol. The highest BCUT2D eigenvalue weighted by atomic mass is 28.4. The van der Waals surface area contributed by atoms with Crippen molar-refractivity contribution in [2.24, 2.45) is 14.1 Å². The fraction of sp³-hybridized carbons (Fsp3) is 0.420. The van der Waals surface area contributed by atoms with Crippen molar-refractivity contribution in [2.75, 3.05) is 25.2 Å². The molecule has 10 nitrogen and oxygen atoms in total. The van der Waals surface area contributed by atoms with Gasteiger partial charge >= 0.3 is 0 Å². The van der Waals surface area contributed by atoms with Gasteiger partial charge in [-0.3, -0.25) is 14.5 Å². The molecule has 0 spiro atoms. The molecule has 0 saturated heterocycles. The molecule has 0 aliphatic carbocycles. The molecule has 4 heterocycles. The molecule has 0 bridgehead atoms. The highest BCUT2D eigenvalue weighted by Crippen LogP contribution is 2.44. The third-order valence-corrected chi connectivity index (χ3v) is 19.6. The molecule has 1 atom stereocenters. The van der Waals surface area contributed by atoms with Crippen LogP contribution in [-0.4, -0.2) is 60.5 Å². The van der Waals surface area contributed by atoms with Crippen LogP contribution in [0.4, 0.5) is 11.4 Å². The Hall–Kier alpha value is -5.41. The monoisotopic (exact) mass is 838 g/mol. The van der Waals surface area contributed by atoms with Crippen LogP contribution in [0.15, 0.2) is 72.8 Å². The number of benzene rings is 3. The summed E-state index contributed by atoms with van der Waals surface area (Å²) in [5, 5.41) is 13.6. The van der Waals surface area contributed by atoms with Gasteiger partial charge < -0.3 is 28.5 Å². The van der Waals surface area contributed by atoms with E-state index in [-0.39, 0.29) is 17.9 Å². The van der Waals surface area contributed by atoms with Crippen LogP contribution in [0.3, 0.4) is 0 Å². The number of anilines is 2. The molecule has 0 fully saturated rings. The Morgan fingerprint density at radius 2 is 1.52 bits per heavy atom. The molecule has 7 rings (SSSR count). The molecule has 0 saturated carbocycles. The summed E-state index contributed by atoms with van der Waals surface area (Å²) in [4.78, 5) is 34.1. The average molecular weight is 839 g/mol. The van der Waals surface area contributed by atoms with Gasteiger partial charge in [0.15, 0.2) is 0 Å². The van der Waals surface area contributed by atoms with Gasteiger partial charge in [-0.15, -0.1) is 0 Å². The number of hydrogen-bond acceptors (Lipinski definition) is 6. The maximum Gasteiger partial charge on any atom is 0.264 e. The van der Waals surface area contributed by atoms with Crippen LogP contribution >= 0.6 is 0 Å². The number of rotatable bonds is 12. The molecule has 320 valence electrons. The van der Waals surface area contributed by atoms with Crippen molar-refractivity contribution >= 4 is 31.5 Å². The minimum Gasteiger partial charge on any atom is -0.543 e. The number of carbonyl (C=O) groups is 2. The second kappa shape index (κ2) is 17.5. The first-order valence-corrected chi connectivity index (χ1v) is 23.9. The fourth-order valence-electron chi connectivity index (χ4n) is 10.1. The molecule has 5 aromatic rings. The standard InChI is InChI=1S/C50H62N6O4Si/c1-31(2)61(32(3)4,33(5)6)60-43-18-16-40(17-19-43)56(47-25-41(27-51)53(9)35(47)8)50(58)44-26-48(54(10)34(44)7)45-23-37-20-21-52-28-39(37)24-46(45)49(57)55-29-38-15-13-12-14-36(38)22-42(55)30-59-11/h12-19,23-26,31-33,42,52H,20-22,28-30H2,1-11H3/t42-/m0/s1. The van der Waals surface area contributed by atoms with Crippen molar-refractivity contribution in [3.05, 3.63) is 123 Å². The Labute approximate surface area is 363 Å². The Morgan fingerprint density at radius 3 is 2.15 bits per heavy atom. The maximum atomic E-state index is 15.3. The quantitative estimate of drug-likeness (QED) is 0.126. The minimum atomic E-state index is -2.23. The van der Waals surface area contributed by atoms with E-state index >= 15 is 9.59 Å². The van der Waals surface area contributed by atoms with Crippen molar-refractivity contribution < 1.29 is 18.8 Å². The van der Waals surface area contributed by atoms with E-state index in [0.29, 0.717) is 70.9 Å². The minimum absolute atomic E-state index is 0.0565. The summed E-state index contributed by atoms with van der Waals surface area (Å²) >= 11 is 0. The highest BCUT2D eigenvalue weighted by Gasteiger charge is 2.47. The summed E-state index contributed by atoms with van der Waals surface area (Å²) in [5.41, 5.74) is 11.9. The van der Waals surface area contributed by atoms with E-state index in [1.54, 1.807) is 18.1 Å². The summed E-state index contributed by atoms with van der Waals surface area (Å²) in [6.45, 7) is 20.0. The molecule has 11 heteroatoms. The van der Waals surface area contributed by atoms with Gasteiger partial charge in [-0.2, -0.15) is 5.26 Å². The summed E-state index contributed by atoms with van der Waals surface area (Å²) in [5.74, 6) is 0.507. The second-order valence-electron chi connectivity index (χ2n) is 17.9. The molecule has 2 aliphatic rings. The average Bonchev–Trinajstić information content (AvgIpc) is 3.70. The largest absolute Gasteiger partial charge is 0.543 e. The number of amides is 2. The van der Waals surface area contributed by atoms with Gasteiger partial charge in [-0.1, -0.05) is 65.8 Å². The van der Waals surface area contributed by atoms with Gasteiger partial charge in [-0.05, 0) is 121 Å². The smallest absolute Gasteiger partial charge is 0.264 e. The van der Waals surface area contributed by atoms with E-state index in [1.165, 1.54) is 11.1 Å². The Bertz CT molecular complexity index is 2470. The van der Waals surface area contributed by atoms with Crippen LogP contribution in [0.2, 0.25) is 16.6 Å². The second-order valence-corrected chi connectivity index (χ2v) is 23.3. The molecule has 2 amide bonds. The number of carbonyl (C=O) groups excluding carboxylic acids is 2. The Morgan fingerprint density at radius 1 is 0.852 bits per heavy atom. The predicted octanol–water partition coefficient (Wildman–Crippen LogP) is 9.91. The highest BCUT2D eigenvalue weighted by molar-refractivity contribution is 6.78.